The predicted octanol–water partition coefficient (Wildman–Crippen LogP) is 7.99. The van der Waals surface area contributed by atoms with Crippen LogP contribution >= 0.6 is 0 Å². The highest BCUT2D eigenvalue weighted by atomic mass is 16.2. The summed E-state index contributed by atoms with van der Waals surface area (Å²) in [6.45, 7) is 14.3. The summed E-state index contributed by atoms with van der Waals surface area (Å²) in [6.07, 6.45) is 21.7. The molecule has 222 valence electrons. The normalized spacial score (nSPS) is 11.2. The molecule has 0 unspecified atom stereocenters. The van der Waals surface area contributed by atoms with Crippen LogP contribution in [0.5, 0.6) is 0 Å². The Morgan fingerprint density at radius 2 is 0.868 bits per heavy atom. The molecule has 0 aliphatic carbocycles. The van der Waals surface area contributed by atoms with E-state index >= 15 is 0 Å². The zero-order chi connectivity index (χ0) is 27.7. The molecule has 7 nitrogen and oxygen atoms in total. The Morgan fingerprint density at radius 1 is 0.500 bits per heavy atom. The lowest BCUT2D eigenvalue weighted by atomic mass is 10.1. The highest BCUT2D eigenvalue weighted by Crippen LogP contribution is 2.20. The fraction of sp³-hybridized carbons (Fsp3) is 0.903. The molecule has 7 heteroatoms. The van der Waals surface area contributed by atoms with Crippen molar-refractivity contribution >= 4 is 17.8 Å². The number of aliphatic hydroxyl groups excluding tert-OH is 1. The highest BCUT2D eigenvalue weighted by molar-refractivity contribution is 5.45. The van der Waals surface area contributed by atoms with Crippen molar-refractivity contribution in [1.82, 2.24) is 15.0 Å². The Labute approximate surface area is 235 Å². The summed E-state index contributed by atoms with van der Waals surface area (Å²) in [5.41, 5.74) is 0. The Kier molecular flexibility index (Phi) is 22.1. The maximum absolute atomic E-state index is 8.86. The number of unbranched alkanes of at least 4 members (excludes halogenated alkanes) is 13. The molecule has 0 spiro atoms. The van der Waals surface area contributed by atoms with Crippen LogP contribution in [0.25, 0.3) is 0 Å². The quantitative estimate of drug-likeness (QED) is 0.111. The summed E-state index contributed by atoms with van der Waals surface area (Å²) in [4.78, 5) is 19.6. The van der Waals surface area contributed by atoms with Gasteiger partial charge in [0.2, 0.25) is 17.8 Å². The van der Waals surface area contributed by atoms with Crippen molar-refractivity contribution in [1.29, 1.82) is 0 Å². The van der Waals surface area contributed by atoms with E-state index < -0.39 is 0 Å². The molecule has 38 heavy (non-hydrogen) atoms. The van der Waals surface area contributed by atoms with Gasteiger partial charge in [0, 0.05) is 39.3 Å². The molecule has 0 radical (unpaired) electrons. The van der Waals surface area contributed by atoms with Gasteiger partial charge in [-0.3, -0.25) is 0 Å². The molecule has 1 heterocycles. The Hall–Kier alpha value is -1.63. The average Bonchev–Trinajstić information content (AvgIpc) is 2.93. The van der Waals surface area contributed by atoms with Crippen LogP contribution in [-0.2, 0) is 0 Å². The van der Waals surface area contributed by atoms with Gasteiger partial charge < -0.3 is 20.2 Å². The van der Waals surface area contributed by atoms with Crippen molar-refractivity contribution in [3.8, 4) is 0 Å². The van der Waals surface area contributed by atoms with Crippen molar-refractivity contribution in [3.63, 3.8) is 0 Å². The number of aliphatic hydroxyl groups is 1. The Morgan fingerprint density at radius 3 is 1.24 bits per heavy atom. The summed E-state index contributed by atoms with van der Waals surface area (Å²) in [5, 5.41) is 12.4. The van der Waals surface area contributed by atoms with E-state index in [1.807, 2.05) is 0 Å². The van der Waals surface area contributed by atoms with E-state index in [9.17, 15) is 0 Å². The third kappa shape index (κ3) is 16.4. The van der Waals surface area contributed by atoms with Crippen LogP contribution in [0.2, 0.25) is 0 Å². The number of hydrogen-bond donors (Lipinski definition) is 2. The summed E-state index contributed by atoms with van der Waals surface area (Å²) < 4.78 is 0. The first-order chi connectivity index (χ1) is 18.7. The fourth-order valence-electron chi connectivity index (χ4n) is 4.59. The predicted molar refractivity (Wildman–Crippen MR) is 166 cm³/mol. The average molecular weight is 535 g/mol. The molecule has 0 amide bonds. The van der Waals surface area contributed by atoms with Crippen LogP contribution in [-0.4, -0.2) is 59.4 Å². The van der Waals surface area contributed by atoms with Crippen LogP contribution in [0, 0.1) is 0 Å². The molecular formula is C31H62N6O. The van der Waals surface area contributed by atoms with Crippen LogP contribution in [0.1, 0.15) is 143 Å². The van der Waals surface area contributed by atoms with Gasteiger partial charge in [0.15, 0.2) is 0 Å². The van der Waals surface area contributed by atoms with Gasteiger partial charge in [0.1, 0.15) is 0 Å². The smallest absolute Gasteiger partial charge is 0.231 e. The number of hydrogen-bond acceptors (Lipinski definition) is 7. The van der Waals surface area contributed by atoms with Gasteiger partial charge >= 0.3 is 0 Å². The summed E-state index contributed by atoms with van der Waals surface area (Å²) in [6, 6.07) is 0. The number of nitrogens with one attached hydrogen (secondary N) is 1. The third-order valence-electron chi connectivity index (χ3n) is 7.17. The zero-order valence-corrected chi connectivity index (χ0v) is 25.7. The largest absolute Gasteiger partial charge is 0.396 e. The van der Waals surface area contributed by atoms with E-state index in [1.54, 1.807) is 0 Å². The molecule has 0 saturated carbocycles. The number of anilines is 3. The van der Waals surface area contributed by atoms with E-state index in [4.69, 9.17) is 20.1 Å². The molecule has 2 N–H and O–H groups in total. The monoisotopic (exact) mass is 534 g/mol. The number of aromatic nitrogens is 3. The molecule has 1 rings (SSSR count). The van der Waals surface area contributed by atoms with Gasteiger partial charge in [-0.15, -0.1) is 0 Å². The third-order valence-corrected chi connectivity index (χ3v) is 7.17. The summed E-state index contributed by atoms with van der Waals surface area (Å²) >= 11 is 0. The van der Waals surface area contributed by atoms with Crippen molar-refractivity contribution in [2.45, 2.75) is 143 Å². The molecule has 0 aromatic carbocycles. The second-order valence-corrected chi connectivity index (χ2v) is 10.8. The van der Waals surface area contributed by atoms with Crippen LogP contribution < -0.4 is 15.1 Å². The van der Waals surface area contributed by atoms with E-state index in [0.29, 0.717) is 6.61 Å². The summed E-state index contributed by atoms with van der Waals surface area (Å²) in [7, 11) is 0. The van der Waals surface area contributed by atoms with Crippen molar-refractivity contribution < 1.29 is 5.11 Å². The van der Waals surface area contributed by atoms with Gasteiger partial charge in [-0.2, -0.15) is 15.0 Å². The lowest BCUT2D eigenvalue weighted by Gasteiger charge is -2.26. The second-order valence-electron chi connectivity index (χ2n) is 10.8. The first kappa shape index (κ1) is 34.4. The SMILES string of the molecule is CCCCN(CCCC)c1nc(NCCCCCCCCCCCCO)nc(N(CCCC)CCCC)n1. The van der Waals surface area contributed by atoms with E-state index in [0.717, 1.165) is 89.1 Å². The lowest BCUT2D eigenvalue weighted by molar-refractivity contribution is 0.282. The second kappa shape index (κ2) is 24.4. The number of rotatable bonds is 27. The minimum absolute atomic E-state index is 0.340. The van der Waals surface area contributed by atoms with Gasteiger partial charge in [0.25, 0.3) is 0 Å². The topological polar surface area (TPSA) is 77.4 Å². The van der Waals surface area contributed by atoms with E-state index in [2.05, 4.69) is 42.8 Å². The maximum Gasteiger partial charge on any atom is 0.231 e. The van der Waals surface area contributed by atoms with Gasteiger partial charge in [-0.05, 0) is 38.5 Å². The minimum atomic E-state index is 0.340. The Balaban J connectivity index is 2.74. The van der Waals surface area contributed by atoms with Gasteiger partial charge in [-0.25, -0.2) is 0 Å². The Bertz CT molecular complexity index is 605. The van der Waals surface area contributed by atoms with E-state index in [-0.39, 0.29) is 0 Å². The molecule has 0 saturated heterocycles. The maximum atomic E-state index is 8.86. The standard InChI is InChI=1S/C31H62N6O/c1-5-9-24-36(25-10-6-2)30-33-29(34-31(35-30)37(26-11-7-3)27-12-8-4)32-23-21-19-17-15-13-14-16-18-20-22-28-38/h38H,5-28H2,1-4H3,(H,32,33,34,35). The molecule has 0 fully saturated rings. The van der Waals surface area contributed by atoms with Crippen molar-refractivity contribution in [2.75, 3.05) is 54.4 Å². The van der Waals surface area contributed by atoms with Gasteiger partial charge in [0.05, 0.1) is 0 Å². The first-order valence-electron chi connectivity index (χ1n) is 16.3. The number of nitrogens with zero attached hydrogens (tertiary/aromatic N) is 5. The van der Waals surface area contributed by atoms with E-state index in [1.165, 1.54) is 77.0 Å². The molecule has 0 atom stereocenters. The molecule has 0 bridgehead atoms. The molecular weight excluding hydrogens is 472 g/mol. The molecule has 0 aliphatic heterocycles. The molecule has 1 aromatic rings. The van der Waals surface area contributed by atoms with Crippen LogP contribution in [0.15, 0.2) is 0 Å². The molecule has 0 aliphatic rings. The van der Waals surface area contributed by atoms with Crippen molar-refractivity contribution in [3.05, 3.63) is 0 Å². The highest BCUT2D eigenvalue weighted by Gasteiger charge is 2.17. The lowest BCUT2D eigenvalue weighted by Crippen LogP contribution is -2.32. The zero-order valence-electron chi connectivity index (χ0n) is 25.7. The van der Waals surface area contributed by atoms with Crippen molar-refractivity contribution in [2.24, 2.45) is 0 Å². The van der Waals surface area contributed by atoms with Crippen LogP contribution in [0.4, 0.5) is 17.8 Å². The summed E-state index contributed by atoms with van der Waals surface area (Å²) in [5.74, 6) is 2.43. The molecule has 1 aromatic heterocycles. The van der Waals surface area contributed by atoms with Gasteiger partial charge in [-0.1, -0.05) is 105 Å². The fourth-order valence-corrected chi connectivity index (χ4v) is 4.59. The minimum Gasteiger partial charge on any atom is -0.396 e. The van der Waals surface area contributed by atoms with Crippen LogP contribution in [0.3, 0.4) is 0 Å². The first-order valence-corrected chi connectivity index (χ1v) is 16.3.